The van der Waals surface area contributed by atoms with Gasteiger partial charge in [0.1, 0.15) is 0 Å². The van der Waals surface area contributed by atoms with E-state index >= 15 is 0 Å². The fourth-order valence-corrected chi connectivity index (χ4v) is 6.02. The third-order valence-corrected chi connectivity index (χ3v) is 5.81. The van der Waals surface area contributed by atoms with Crippen molar-refractivity contribution in [2.24, 2.45) is 0 Å². The van der Waals surface area contributed by atoms with E-state index in [4.69, 9.17) is 11.6 Å². The van der Waals surface area contributed by atoms with Crippen molar-refractivity contribution in [1.82, 2.24) is 0 Å². The van der Waals surface area contributed by atoms with Crippen LogP contribution < -0.4 is 10.4 Å². The van der Waals surface area contributed by atoms with Crippen LogP contribution in [-0.2, 0) is 0 Å². The lowest BCUT2D eigenvalue weighted by atomic mass is 10.4. The zero-order valence-corrected chi connectivity index (χ0v) is 11.4. The standard InChI is InChI=1S/C10H15ClSi2/c1-12(2)9-7-5-6-8(11)10(9)13(3)4/h5-7H,1-4H3. The van der Waals surface area contributed by atoms with Crippen molar-refractivity contribution >= 4 is 39.6 Å². The van der Waals surface area contributed by atoms with Gasteiger partial charge in [-0.25, -0.2) is 0 Å². The molecular formula is C10H15ClSi2. The number of hydrogen-bond acceptors (Lipinski definition) is 0. The second kappa shape index (κ2) is 4.44. The van der Waals surface area contributed by atoms with Gasteiger partial charge in [-0.1, -0.05) is 55.1 Å². The smallest absolute Gasteiger partial charge is 0.0809 e. The normalized spacial score (nSPS) is 11.3. The lowest BCUT2D eigenvalue weighted by Crippen LogP contribution is -2.44. The van der Waals surface area contributed by atoms with Gasteiger partial charge in [0, 0.05) is 5.02 Å². The summed E-state index contributed by atoms with van der Waals surface area (Å²) >= 11 is 6.21. The zero-order chi connectivity index (χ0) is 10.0. The highest BCUT2D eigenvalue weighted by atomic mass is 35.5. The van der Waals surface area contributed by atoms with E-state index < -0.39 is 8.80 Å². The van der Waals surface area contributed by atoms with E-state index in [0.717, 1.165) is 5.02 Å². The highest BCUT2D eigenvalue weighted by molar-refractivity contribution is 6.83. The SMILES string of the molecule is C[Si](C)c1cccc(Cl)c1[Si](C)C. The van der Waals surface area contributed by atoms with Crippen LogP contribution in [0.15, 0.2) is 18.2 Å². The van der Waals surface area contributed by atoms with Crippen molar-refractivity contribution in [3.63, 3.8) is 0 Å². The van der Waals surface area contributed by atoms with Crippen molar-refractivity contribution < 1.29 is 0 Å². The van der Waals surface area contributed by atoms with Gasteiger partial charge in [0.2, 0.25) is 0 Å². The molecule has 0 saturated heterocycles. The summed E-state index contributed by atoms with van der Waals surface area (Å²) in [6.07, 6.45) is 0. The molecule has 0 saturated carbocycles. The Morgan fingerprint density at radius 1 is 1.00 bits per heavy atom. The maximum atomic E-state index is 6.21. The topological polar surface area (TPSA) is 0 Å². The molecule has 0 N–H and O–H groups in total. The summed E-state index contributed by atoms with van der Waals surface area (Å²) in [5.41, 5.74) is 0. The molecule has 13 heavy (non-hydrogen) atoms. The Morgan fingerprint density at radius 3 is 2.00 bits per heavy atom. The summed E-state index contributed by atoms with van der Waals surface area (Å²) in [6.45, 7) is 9.26. The van der Waals surface area contributed by atoms with Gasteiger partial charge in [-0.15, -0.1) is 0 Å². The van der Waals surface area contributed by atoms with Crippen molar-refractivity contribution in [1.29, 1.82) is 0 Å². The third-order valence-electron chi connectivity index (χ3n) is 2.05. The van der Waals surface area contributed by atoms with E-state index in [9.17, 15) is 0 Å². The lowest BCUT2D eigenvalue weighted by Gasteiger charge is -2.15. The molecule has 0 aliphatic rings. The summed E-state index contributed by atoms with van der Waals surface area (Å²) in [4.78, 5) is 0. The molecule has 70 valence electrons. The number of rotatable bonds is 2. The van der Waals surface area contributed by atoms with Crippen molar-refractivity contribution in [3.05, 3.63) is 23.2 Å². The molecule has 0 heterocycles. The van der Waals surface area contributed by atoms with E-state index in [2.05, 4.69) is 38.3 Å². The molecule has 0 spiro atoms. The van der Waals surface area contributed by atoms with Gasteiger partial charge in [-0.2, -0.15) is 0 Å². The minimum absolute atomic E-state index is 0.368. The third kappa shape index (κ3) is 2.45. The maximum absolute atomic E-state index is 6.21. The molecule has 0 nitrogen and oxygen atoms in total. The Morgan fingerprint density at radius 2 is 1.62 bits per heavy atom. The maximum Gasteiger partial charge on any atom is 0.0809 e. The van der Waals surface area contributed by atoms with E-state index in [0.29, 0.717) is 0 Å². The second-order valence-corrected chi connectivity index (χ2v) is 9.11. The first kappa shape index (κ1) is 11.0. The minimum atomic E-state index is -0.423. The quantitative estimate of drug-likeness (QED) is 0.679. The molecule has 0 bridgehead atoms. The minimum Gasteiger partial charge on any atom is -0.0845 e. The summed E-state index contributed by atoms with van der Waals surface area (Å²) in [7, 11) is -0.791. The van der Waals surface area contributed by atoms with E-state index in [1.807, 2.05) is 6.07 Å². The van der Waals surface area contributed by atoms with E-state index in [-0.39, 0.29) is 8.80 Å². The Labute approximate surface area is 89.1 Å². The fourth-order valence-electron chi connectivity index (χ4n) is 1.45. The van der Waals surface area contributed by atoms with Gasteiger partial charge in [0.05, 0.1) is 17.6 Å². The van der Waals surface area contributed by atoms with E-state index in [1.54, 1.807) is 0 Å². The highest BCUT2D eigenvalue weighted by Gasteiger charge is 2.14. The van der Waals surface area contributed by atoms with Gasteiger partial charge < -0.3 is 0 Å². The first-order valence-corrected chi connectivity index (χ1v) is 9.81. The molecule has 1 rings (SSSR count). The number of benzene rings is 1. The average Bonchev–Trinajstić information content (AvgIpc) is 2.02. The predicted octanol–water partition coefficient (Wildman–Crippen LogP) is 2.26. The fraction of sp³-hybridized carbons (Fsp3) is 0.400. The van der Waals surface area contributed by atoms with Gasteiger partial charge in [0.15, 0.2) is 0 Å². The largest absolute Gasteiger partial charge is 0.0845 e. The van der Waals surface area contributed by atoms with Crippen LogP contribution in [0.1, 0.15) is 0 Å². The monoisotopic (exact) mass is 226 g/mol. The van der Waals surface area contributed by atoms with Crippen LogP contribution in [0.2, 0.25) is 31.2 Å². The van der Waals surface area contributed by atoms with Crippen molar-refractivity contribution in [2.75, 3.05) is 0 Å². The average molecular weight is 227 g/mol. The van der Waals surface area contributed by atoms with Crippen molar-refractivity contribution in [2.45, 2.75) is 26.2 Å². The lowest BCUT2D eigenvalue weighted by molar-refractivity contribution is 1.76. The molecule has 0 aliphatic carbocycles. The molecule has 0 aliphatic heterocycles. The zero-order valence-electron chi connectivity index (χ0n) is 8.61. The van der Waals surface area contributed by atoms with Crippen molar-refractivity contribution in [3.8, 4) is 0 Å². The number of hydrogen-bond donors (Lipinski definition) is 0. The van der Waals surface area contributed by atoms with Gasteiger partial charge >= 0.3 is 0 Å². The number of halogens is 1. The Bertz CT molecular complexity index is 295. The molecule has 2 radical (unpaired) electrons. The molecule has 0 fully saturated rings. The summed E-state index contributed by atoms with van der Waals surface area (Å²) < 4.78 is 0. The molecule has 0 unspecified atom stereocenters. The van der Waals surface area contributed by atoms with E-state index in [1.165, 1.54) is 10.4 Å². The van der Waals surface area contributed by atoms with Gasteiger partial charge in [-0.05, 0) is 11.3 Å². The molecular weight excluding hydrogens is 212 g/mol. The van der Waals surface area contributed by atoms with Crippen LogP contribution in [0.4, 0.5) is 0 Å². The molecule has 1 aromatic carbocycles. The van der Waals surface area contributed by atoms with Crippen LogP contribution >= 0.6 is 11.6 Å². The van der Waals surface area contributed by atoms with Crippen LogP contribution in [-0.4, -0.2) is 17.6 Å². The van der Waals surface area contributed by atoms with Crippen LogP contribution in [0.3, 0.4) is 0 Å². The molecule has 0 aromatic heterocycles. The van der Waals surface area contributed by atoms with Gasteiger partial charge in [0.25, 0.3) is 0 Å². The predicted molar refractivity (Wildman–Crippen MR) is 65.7 cm³/mol. The summed E-state index contributed by atoms with van der Waals surface area (Å²) in [5.74, 6) is 0. The Balaban J connectivity index is 3.26. The Hall–Kier alpha value is -0.0562. The molecule has 0 amide bonds. The second-order valence-electron chi connectivity index (χ2n) is 3.66. The molecule has 3 heteroatoms. The van der Waals surface area contributed by atoms with Crippen LogP contribution in [0.5, 0.6) is 0 Å². The first-order valence-electron chi connectivity index (χ1n) is 4.43. The molecule has 0 atom stereocenters. The first-order chi connectivity index (χ1) is 6.04. The summed E-state index contributed by atoms with van der Waals surface area (Å²) in [6, 6.07) is 6.33. The molecule has 1 aromatic rings. The van der Waals surface area contributed by atoms with Crippen LogP contribution in [0.25, 0.3) is 0 Å². The Kier molecular flexibility index (Phi) is 3.77. The van der Waals surface area contributed by atoms with Crippen LogP contribution in [0, 0.1) is 0 Å². The highest BCUT2D eigenvalue weighted by Crippen LogP contribution is 2.05. The van der Waals surface area contributed by atoms with Gasteiger partial charge in [-0.3, -0.25) is 0 Å². The summed E-state index contributed by atoms with van der Waals surface area (Å²) in [5, 5.41) is 3.95.